The first-order chi connectivity index (χ1) is 9.13. The van der Waals surface area contributed by atoms with E-state index in [1.54, 1.807) is 0 Å². The second kappa shape index (κ2) is 7.01. The lowest BCUT2D eigenvalue weighted by Gasteiger charge is -2.32. The summed E-state index contributed by atoms with van der Waals surface area (Å²) >= 11 is 0. The van der Waals surface area contributed by atoms with E-state index in [4.69, 9.17) is 0 Å². The zero-order valence-corrected chi connectivity index (χ0v) is 12.1. The Balaban J connectivity index is 1.72. The van der Waals surface area contributed by atoms with Gasteiger partial charge in [-0.3, -0.25) is 0 Å². The molecule has 106 valence electrons. The molecule has 0 aromatic heterocycles. The second-order valence-electron chi connectivity index (χ2n) is 5.91. The van der Waals surface area contributed by atoms with Gasteiger partial charge in [0.25, 0.3) is 0 Å². The molecular formula is C16H25FN2. The molecule has 1 heterocycles. The van der Waals surface area contributed by atoms with Crippen molar-refractivity contribution < 1.29 is 4.39 Å². The van der Waals surface area contributed by atoms with Crippen molar-refractivity contribution in [1.82, 2.24) is 9.80 Å². The number of nitrogens with zero attached hydrogens (tertiary/aromatic N) is 2. The molecule has 0 spiro atoms. The molecule has 2 nitrogen and oxygen atoms in total. The third-order valence-corrected chi connectivity index (χ3v) is 3.90. The Morgan fingerprint density at radius 3 is 2.74 bits per heavy atom. The summed E-state index contributed by atoms with van der Waals surface area (Å²) in [5.74, 6) is 0.685. The van der Waals surface area contributed by atoms with Crippen LogP contribution in [-0.2, 0) is 6.54 Å². The Hall–Kier alpha value is -0.930. The minimum absolute atomic E-state index is 0.159. The van der Waals surface area contributed by atoms with Crippen LogP contribution in [0.2, 0.25) is 0 Å². The van der Waals surface area contributed by atoms with Crippen molar-refractivity contribution in [3.05, 3.63) is 35.6 Å². The number of hydrogen-bond acceptors (Lipinski definition) is 2. The van der Waals surface area contributed by atoms with Gasteiger partial charge in [-0.2, -0.15) is 0 Å². The smallest absolute Gasteiger partial charge is 0.123 e. The molecule has 0 saturated carbocycles. The number of likely N-dealkylation sites (N-methyl/N-ethyl adjacent to an activating group) is 1. The van der Waals surface area contributed by atoms with E-state index in [0.717, 1.165) is 25.6 Å². The number of likely N-dealkylation sites (tertiary alicyclic amines) is 1. The van der Waals surface area contributed by atoms with E-state index in [0.29, 0.717) is 0 Å². The van der Waals surface area contributed by atoms with Crippen molar-refractivity contribution in [3.63, 3.8) is 0 Å². The average molecular weight is 264 g/mol. The van der Waals surface area contributed by atoms with Gasteiger partial charge in [-0.1, -0.05) is 19.1 Å². The maximum atomic E-state index is 12.8. The van der Waals surface area contributed by atoms with Crippen LogP contribution in [0.25, 0.3) is 0 Å². The van der Waals surface area contributed by atoms with Gasteiger partial charge >= 0.3 is 0 Å². The monoisotopic (exact) mass is 264 g/mol. The number of rotatable bonds is 5. The van der Waals surface area contributed by atoms with Gasteiger partial charge in [0.15, 0.2) is 0 Å². The van der Waals surface area contributed by atoms with Crippen molar-refractivity contribution in [2.45, 2.75) is 26.3 Å². The Bertz CT molecular complexity index is 377. The first-order valence-electron chi connectivity index (χ1n) is 7.29. The topological polar surface area (TPSA) is 6.48 Å². The van der Waals surface area contributed by atoms with E-state index in [1.807, 2.05) is 12.1 Å². The normalized spacial score (nSPS) is 20.9. The van der Waals surface area contributed by atoms with Crippen LogP contribution in [0.4, 0.5) is 4.39 Å². The van der Waals surface area contributed by atoms with Crippen LogP contribution >= 0.6 is 0 Å². The van der Waals surface area contributed by atoms with Gasteiger partial charge in [0.1, 0.15) is 5.82 Å². The fourth-order valence-electron chi connectivity index (χ4n) is 2.78. The molecule has 0 aliphatic carbocycles. The lowest BCUT2D eigenvalue weighted by Crippen LogP contribution is -2.39. The van der Waals surface area contributed by atoms with E-state index in [1.165, 1.54) is 43.6 Å². The second-order valence-corrected chi connectivity index (χ2v) is 5.91. The molecule has 19 heavy (non-hydrogen) atoms. The quantitative estimate of drug-likeness (QED) is 0.806. The third kappa shape index (κ3) is 4.92. The molecule has 0 bridgehead atoms. The molecule has 1 saturated heterocycles. The standard InChI is InChI=1S/C16H25FN2/c1-14-4-3-9-19(12-14)11-10-18(2)13-15-5-7-16(17)8-6-15/h5-8,14H,3-4,9-13H2,1-2H3/t14-/m0/s1. The largest absolute Gasteiger partial charge is 0.302 e. The SMILES string of the molecule is C[C@H]1CCCN(CCN(C)Cc2ccc(F)cc2)C1. The van der Waals surface area contributed by atoms with Crippen molar-refractivity contribution in [2.75, 3.05) is 33.2 Å². The highest BCUT2D eigenvalue weighted by Gasteiger charge is 2.16. The number of hydrogen-bond donors (Lipinski definition) is 0. The minimum Gasteiger partial charge on any atom is -0.302 e. The minimum atomic E-state index is -0.159. The summed E-state index contributed by atoms with van der Waals surface area (Å²) in [7, 11) is 2.14. The van der Waals surface area contributed by atoms with Crippen molar-refractivity contribution >= 4 is 0 Å². The molecule has 0 amide bonds. The van der Waals surface area contributed by atoms with Crippen LogP contribution in [0.15, 0.2) is 24.3 Å². The maximum Gasteiger partial charge on any atom is 0.123 e. The first-order valence-corrected chi connectivity index (χ1v) is 7.29. The van der Waals surface area contributed by atoms with Gasteiger partial charge in [-0.25, -0.2) is 4.39 Å². The van der Waals surface area contributed by atoms with Crippen LogP contribution in [0, 0.1) is 11.7 Å². The van der Waals surface area contributed by atoms with Crippen LogP contribution in [-0.4, -0.2) is 43.0 Å². The van der Waals surface area contributed by atoms with E-state index >= 15 is 0 Å². The Labute approximate surface area is 116 Å². The highest BCUT2D eigenvalue weighted by molar-refractivity contribution is 5.15. The number of piperidine rings is 1. The van der Waals surface area contributed by atoms with Crippen LogP contribution in [0.5, 0.6) is 0 Å². The summed E-state index contributed by atoms with van der Waals surface area (Å²) in [5.41, 5.74) is 1.18. The molecule has 1 atom stereocenters. The molecule has 2 rings (SSSR count). The van der Waals surface area contributed by atoms with Crippen LogP contribution < -0.4 is 0 Å². The Kier molecular flexibility index (Phi) is 5.34. The van der Waals surface area contributed by atoms with E-state index in [-0.39, 0.29) is 5.82 Å². The third-order valence-electron chi connectivity index (χ3n) is 3.90. The summed E-state index contributed by atoms with van der Waals surface area (Å²) < 4.78 is 12.8. The zero-order valence-electron chi connectivity index (χ0n) is 12.1. The molecule has 0 unspecified atom stereocenters. The predicted octanol–water partition coefficient (Wildman–Crippen LogP) is 2.99. The molecule has 3 heteroatoms. The van der Waals surface area contributed by atoms with E-state index in [2.05, 4.69) is 23.8 Å². The molecule has 1 aromatic rings. The molecule has 1 fully saturated rings. The first kappa shape index (κ1) is 14.5. The molecule has 1 aliphatic rings. The summed E-state index contributed by atoms with van der Waals surface area (Å²) in [6, 6.07) is 6.81. The molecular weight excluding hydrogens is 239 g/mol. The molecule has 0 N–H and O–H groups in total. The highest BCUT2D eigenvalue weighted by atomic mass is 19.1. The lowest BCUT2D eigenvalue weighted by molar-refractivity contribution is 0.161. The molecule has 0 radical (unpaired) electrons. The van der Waals surface area contributed by atoms with Gasteiger partial charge in [-0.05, 0) is 50.0 Å². The van der Waals surface area contributed by atoms with Crippen molar-refractivity contribution in [1.29, 1.82) is 0 Å². The van der Waals surface area contributed by atoms with Crippen molar-refractivity contribution in [2.24, 2.45) is 5.92 Å². The Morgan fingerprint density at radius 1 is 1.32 bits per heavy atom. The van der Waals surface area contributed by atoms with E-state index < -0.39 is 0 Å². The summed E-state index contributed by atoms with van der Waals surface area (Å²) in [4.78, 5) is 4.88. The fourth-order valence-corrected chi connectivity index (χ4v) is 2.78. The van der Waals surface area contributed by atoms with Gasteiger partial charge in [-0.15, -0.1) is 0 Å². The van der Waals surface area contributed by atoms with Gasteiger partial charge in [0.05, 0.1) is 0 Å². The van der Waals surface area contributed by atoms with Gasteiger partial charge in [0, 0.05) is 26.2 Å². The number of benzene rings is 1. The van der Waals surface area contributed by atoms with Crippen LogP contribution in [0.3, 0.4) is 0 Å². The zero-order chi connectivity index (χ0) is 13.7. The predicted molar refractivity (Wildman–Crippen MR) is 77.6 cm³/mol. The molecule has 1 aliphatic heterocycles. The fraction of sp³-hybridized carbons (Fsp3) is 0.625. The van der Waals surface area contributed by atoms with Crippen LogP contribution in [0.1, 0.15) is 25.3 Å². The van der Waals surface area contributed by atoms with Gasteiger partial charge < -0.3 is 9.80 Å². The van der Waals surface area contributed by atoms with Crippen molar-refractivity contribution in [3.8, 4) is 0 Å². The Morgan fingerprint density at radius 2 is 2.05 bits per heavy atom. The van der Waals surface area contributed by atoms with Gasteiger partial charge in [0.2, 0.25) is 0 Å². The lowest BCUT2D eigenvalue weighted by atomic mass is 10.0. The van der Waals surface area contributed by atoms with E-state index in [9.17, 15) is 4.39 Å². The summed E-state index contributed by atoms with van der Waals surface area (Å²) in [5, 5.41) is 0. The average Bonchev–Trinajstić information content (AvgIpc) is 2.39. The number of halogens is 1. The maximum absolute atomic E-state index is 12.8. The summed E-state index contributed by atoms with van der Waals surface area (Å²) in [6.07, 6.45) is 2.71. The summed E-state index contributed by atoms with van der Waals surface area (Å²) in [6.45, 7) is 7.93. The highest BCUT2D eigenvalue weighted by Crippen LogP contribution is 2.15. The molecule has 1 aromatic carbocycles.